The highest BCUT2D eigenvalue weighted by atomic mass is 19.1. The monoisotopic (exact) mass is 429 g/mol. The molecule has 4 heterocycles. The van der Waals surface area contributed by atoms with Crippen LogP contribution in [0.4, 0.5) is 21.8 Å². The van der Waals surface area contributed by atoms with E-state index in [0.717, 1.165) is 0 Å². The summed E-state index contributed by atoms with van der Waals surface area (Å²) in [7, 11) is 5.12. The maximum absolute atomic E-state index is 14.6. The highest BCUT2D eigenvalue weighted by Crippen LogP contribution is 2.30. The third-order valence-corrected chi connectivity index (χ3v) is 5.02. The van der Waals surface area contributed by atoms with E-state index < -0.39 is 12.2 Å². The maximum Gasteiger partial charge on any atom is 0.256 e. The minimum absolute atomic E-state index is 0.0557. The van der Waals surface area contributed by atoms with Gasteiger partial charge in [-0.15, -0.1) is 5.10 Å². The number of nitrogens with zero attached hydrogens (tertiary/aromatic N) is 7. The van der Waals surface area contributed by atoms with Crippen LogP contribution >= 0.6 is 0 Å². The topological polar surface area (TPSA) is 115 Å². The molecule has 1 aliphatic rings. The van der Waals surface area contributed by atoms with Crippen LogP contribution in [0.3, 0.4) is 0 Å². The van der Waals surface area contributed by atoms with Gasteiger partial charge in [-0.05, 0) is 6.92 Å². The van der Waals surface area contributed by atoms with Crippen molar-refractivity contribution < 1.29 is 13.9 Å². The number of ether oxygens (including phenoxy) is 1. The third kappa shape index (κ3) is 3.88. The minimum atomic E-state index is -1.26. The quantitative estimate of drug-likeness (QED) is 0.559. The molecule has 4 rings (SSSR count). The van der Waals surface area contributed by atoms with E-state index in [1.807, 2.05) is 7.05 Å². The fourth-order valence-electron chi connectivity index (χ4n) is 3.41. The molecular weight excluding hydrogens is 405 g/mol. The van der Waals surface area contributed by atoms with E-state index in [4.69, 9.17) is 4.74 Å². The molecule has 3 aromatic rings. The molecule has 12 heteroatoms. The summed E-state index contributed by atoms with van der Waals surface area (Å²) in [5, 5.41) is 10.1. The number of fused-ring (bicyclic) bond motifs is 1. The Morgan fingerprint density at radius 2 is 2.10 bits per heavy atom. The third-order valence-electron chi connectivity index (χ3n) is 5.02. The normalized spacial score (nSPS) is 18.4. The number of anilines is 3. The Bertz CT molecular complexity index is 1150. The Balaban J connectivity index is 1.67. The number of amides is 1. The zero-order valence-corrected chi connectivity index (χ0v) is 17.8. The fraction of sp³-hybridized carbons (Fsp3) is 0.421. The average Bonchev–Trinajstić information content (AvgIpc) is 3.39. The molecule has 2 atom stereocenters. The number of methoxy groups -OCH3 is 1. The van der Waals surface area contributed by atoms with Gasteiger partial charge in [0.05, 0.1) is 32.2 Å². The van der Waals surface area contributed by atoms with Crippen molar-refractivity contribution in [1.29, 1.82) is 0 Å². The van der Waals surface area contributed by atoms with E-state index in [0.29, 0.717) is 40.1 Å². The summed E-state index contributed by atoms with van der Waals surface area (Å²) in [6, 6.07) is -0.676. The van der Waals surface area contributed by atoms with Gasteiger partial charge < -0.3 is 24.8 Å². The maximum atomic E-state index is 14.6. The summed E-state index contributed by atoms with van der Waals surface area (Å²) in [6.07, 6.45) is 2.13. The molecule has 2 N–H and O–H groups in total. The van der Waals surface area contributed by atoms with Gasteiger partial charge >= 0.3 is 0 Å². The second-order valence-electron chi connectivity index (χ2n) is 7.53. The molecule has 0 aliphatic carbocycles. The number of carbonyl (C=O) groups excluding carboxylic acids is 1. The molecule has 164 valence electrons. The van der Waals surface area contributed by atoms with Crippen LogP contribution in [0.5, 0.6) is 5.88 Å². The van der Waals surface area contributed by atoms with Gasteiger partial charge in [0.15, 0.2) is 17.0 Å². The van der Waals surface area contributed by atoms with Crippen LogP contribution in [0.1, 0.15) is 6.92 Å². The standard InChI is InChI=1S/C19H24FN9O2/c1-10(2)17(30)23-12-8-29(6-11(12)20)19-24-15(14-16(25-19)27(3)9-21-14)22-13-7-28(4)26-18(13)31-5/h7,9,11-12H,1,6,8H2,2-5H3,(H,23,30)(H,22,24,25)/t11-,12-/m1/s1. The Morgan fingerprint density at radius 1 is 1.32 bits per heavy atom. The molecular formula is C19H24FN9O2. The summed E-state index contributed by atoms with van der Waals surface area (Å²) >= 11 is 0. The summed E-state index contributed by atoms with van der Waals surface area (Å²) in [4.78, 5) is 27.2. The average molecular weight is 429 g/mol. The van der Waals surface area contributed by atoms with Crippen LogP contribution in [0.15, 0.2) is 24.7 Å². The van der Waals surface area contributed by atoms with Crippen molar-refractivity contribution >= 4 is 34.5 Å². The zero-order valence-electron chi connectivity index (χ0n) is 17.8. The van der Waals surface area contributed by atoms with E-state index in [2.05, 4.69) is 37.3 Å². The van der Waals surface area contributed by atoms with Crippen LogP contribution < -0.4 is 20.3 Å². The van der Waals surface area contributed by atoms with Crippen LogP contribution in [-0.4, -0.2) is 67.6 Å². The molecule has 0 radical (unpaired) electrons. The van der Waals surface area contributed by atoms with E-state index in [1.165, 1.54) is 7.11 Å². The molecule has 0 aromatic carbocycles. The second kappa shape index (κ2) is 7.85. The molecule has 1 saturated heterocycles. The predicted molar refractivity (Wildman–Crippen MR) is 113 cm³/mol. The number of hydrogen-bond donors (Lipinski definition) is 2. The molecule has 3 aromatic heterocycles. The van der Waals surface area contributed by atoms with Gasteiger partial charge in [0.1, 0.15) is 11.9 Å². The van der Waals surface area contributed by atoms with Crippen molar-refractivity contribution in [1.82, 2.24) is 34.6 Å². The van der Waals surface area contributed by atoms with Crippen molar-refractivity contribution in [3.63, 3.8) is 0 Å². The summed E-state index contributed by atoms with van der Waals surface area (Å²) in [5.41, 5.74) is 2.08. The number of rotatable bonds is 6. The van der Waals surface area contributed by atoms with Crippen molar-refractivity contribution in [2.24, 2.45) is 14.1 Å². The second-order valence-corrected chi connectivity index (χ2v) is 7.53. The first-order valence-corrected chi connectivity index (χ1v) is 9.66. The van der Waals surface area contributed by atoms with Crippen molar-refractivity contribution in [2.75, 3.05) is 30.4 Å². The number of aromatic nitrogens is 6. The number of halogens is 1. The molecule has 1 aliphatic heterocycles. The first-order chi connectivity index (χ1) is 14.8. The molecule has 11 nitrogen and oxygen atoms in total. The molecule has 1 fully saturated rings. The van der Waals surface area contributed by atoms with E-state index >= 15 is 0 Å². The first kappa shape index (κ1) is 20.6. The van der Waals surface area contributed by atoms with Gasteiger partial charge in [-0.25, -0.2) is 9.37 Å². The van der Waals surface area contributed by atoms with Crippen molar-refractivity contribution in [3.8, 4) is 5.88 Å². The number of aryl methyl sites for hydroxylation is 2. The largest absolute Gasteiger partial charge is 0.478 e. The Kier molecular flexibility index (Phi) is 5.21. The van der Waals surface area contributed by atoms with Crippen LogP contribution in [0.2, 0.25) is 0 Å². The van der Waals surface area contributed by atoms with E-state index in [9.17, 15) is 9.18 Å². The molecule has 0 bridgehead atoms. The summed E-state index contributed by atoms with van der Waals surface area (Å²) in [6.45, 7) is 5.47. The number of nitrogens with one attached hydrogen (secondary N) is 2. The Hall–Kier alpha value is -3.70. The minimum Gasteiger partial charge on any atom is -0.478 e. The van der Waals surface area contributed by atoms with Crippen molar-refractivity contribution in [2.45, 2.75) is 19.1 Å². The van der Waals surface area contributed by atoms with E-state index in [-0.39, 0.29) is 19.0 Å². The molecule has 0 spiro atoms. The van der Waals surface area contributed by atoms with E-state index in [1.54, 1.807) is 40.6 Å². The van der Waals surface area contributed by atoms with Gasteiger partial charge in [0, 0.05) is 26.2 Å². The number of imidazole rings is 1. The number of alkyl halides is 1. The smallest absolute Gasteiger partial charge is 0.256 e. The SMILES string of the molecule is C=C(C)C(=O)N[C@@H]1CN(c2nc(Nc3cn(C)nc3OC)c3ncn(C)c3n2)C[C@H]1F. The van der Waals surface area contributed by atoms with Crippen LogP contribution in [-0.2, 0) is 18.9 Å². The first-order valence-electron chi connectivity index (χ1n) is 9.66. The Labute approximate surface area is 177 Å². The van der Waals surface area contributed by atoms with Gasteiger partial charge in [0.25, 0.3) is 5.88 Å². The number of hydrogen-bond acceptors (Lipinski definition) is 8. The van der Waals surface area contributed by atoms with Crippen LogP contribution in [0.25, 0.3) is 11.2 Å². The van der Waals surface area contributed by atoms with Gasteiger partial charge in [0.2, 0.25) is 11.9 Å². The van der Waals surface area contributed by atoms with Crippen molar-refractivity contribution in [3.05, 3.63) is 24.7 Å². The lowest BCUT2D eigenvalue weighted by atomic mass is 10.2. The predicted octanol–water partition coefficient (Wildman–Crippen LogP) is 1.07. The highest BCUT2D eigenvalue weighted by Gasteiger charge is 2.36. The molecule has 31 heavy (non-hydrogen) atoms. The lowest BCUT2D eigenvalue weighted by Crippen LogP contribution is -2.41. The molecule has 0 unspecified atom stereocenters. The summed E-state index contributed by atoms with van der Waals surface area (Å²) < 4.78 is 23.3. The molecule has 1 amide bonds. The van der Waals surface area contributed by atoms with Gasteiger partial charge in [-0.1, -0.05) is 6.58 Å². The highest BCUT2D eigenvalue weighted by molar-refractivity contribution is 5.92. The van der Waals surface area contributed by atoms with Crippen LogP contribution in [0, 0.1) is 0 Å². The molecule has 0 saturated carbocycles. The lowest BCUT2D eigenvalue weighted by molar-refractivity contribution is -0.118. The van der Waals surface area contributed by atoms with Gasteiger partial charge in [-0.3, -0.25) is 9.48 Å². The lowest BCUT2D eigenvalue weighted by Gasteiger charge is -2.18. The Morgan fingerprint density at radius 3 is 2.81 bits per heavy atom. The van der Waals surface area contributed by atoms with Gasteiger partial charge in [-0.2, -0.15) is 9.97 Å². The fourth-order valence-corrected chi connectivity index (χ4v) is 3.41. The number of carbonyl (C=O) groups is 1. The zero-order chi connectivity index (χ0) is 22.3. The summed E-state index contributed by atoms with van der Waals surface area (Å²) in [5.74, 6) is 0.802.